The third-order valence-electron chi connectivity index (χ3n) is 5.51. The number of aromatic nitrogens is 3. The summed E-state index contributed by atoms with van der Waals surface area (Å²) in [5.41, 5.74) is -0.0373. The maximum Gasteiger partial charge on any atom is 0.417 e. The van der Waals surface area contributed by atoms with Gasteiger partial charge in [0, 0.05) is 30.5 Å². The van der Waals surface area contributed by atoms with Gasteiger partial charge in [0.15, 0.2) is 6.23 Å². The summed E-state index contributed by atoms with van der Waals surface area (Å²) < 4.78 is 40.8. The largest absolute Gasteiger partial charge is 0.417 e. The molecule has 0 aliphatic carbocycles. The number of pyridine rings is 1. The molecule has 13 heteroatoms. The first-order valence-electron chi connectivity index (χ1n) is 10.6. The van der Waals surface area contributed by atoms with Crippen LogP contribution in [0.5, 0.6) is 0 Å². The van der Waals surface area contributed by atoms with Crippen molar-refractivity contribution in [1.82, 2.24) is 14.8 Å². The smallest absolute Gasteiger partial charge is 0.395 e. The number of anilines is 3. The molecule has 35 heavy (non-hydrogen) atoms. The van der Waals surface area contributed by atoms with E-state index in [9.17, 15) is 23.1 Å². The van der Waals surface area contributed by atoms with Gasteiger partial charge in [0.25, 0.3) is 5.91 Å². The van der Waals surface area contributed by atoms with Crippen LogP contribution in [-0.4, -0.2) is 50.6 Å². The Balaban J connectivity index is 1.63. The molecule has 2 aromatic heterocycles. The van der Waals surface area contributed by atoms with Crippen LogP contribution in [0.1, 0.15) is 40.8 Å². The molecule has 3 heterocycles. The summed E-state index contributed by atoms with van der Waals surface area (Å²) in [5, 5.41) is 29.4. The highest BCUT2D eigenvalue weighted by Gasteiger charge is 2.36. The SMILES string of the molecule is C[C@H]1CN(c2ccc(C(F)(F)F)c(Cl)c2)C(=O)c2c(NC(O)c3cccnc3NCCO)cnn21. The van der Waals surface area contributed by atoms with Gasteiger partial charge < -0.3 is 25.7 Å². The van der Waals surface area contributed by atoms with Gasteiger partial charge in [-0.3, -0.25) is 9.48 Å². The zero-order valence-electron chi connectivity index (χ0n) is 18.4. The van der Waals surface area contributed by atoms with Gasteiger partial charge in [-0.1, -0.05) is 11.6 Å². The molecule has 0 radical (unpaired) electrons. The minimum absolute atomic E-state index is 0.132. The van der Waals surface area contributed by atoms with Gasteiger partial charge in [0.2, 0.25) is 0 Å². The molecule has 0 fully saturated rings. The van der Waals surface area contributed by atoms with E-state index in [1.807, 2.05) is 0 Å². The molecule has 1 aliphatic rings. The lowest BCUT2D eigenvalue weighted by Gasteiger charge is -2.33. The molecule has 0 bridgehead atoms. The molecule has 1 amide bonds. The lowest BCUT2D eigenvalue weighted by molar-refractivity contribution is -0.137. The summed E-state index contributed by atoms with van der Waals surface area (Å²) >= 11 is 5.87. The summed E-state index contributed by atoms with van der Waals surface area (Å²) in [6.45, 7) is 2.06. The number of aliphatic hydroxyl groups excluding tert-OH is 2. The maximum absolute atomic E-state index is 13.4. The van der Waals surface area contributed by atoms with Crippen LogP contribution in [0, 0.1) is 0 Å². The molecular weight excluding hydrogens is 489 g/mol. The number of amides is 1. The molecular formula is C22H22ClF3N6O3. The Labute approximate surface area is 203 Å². The summed E-state index contributed by atoms with van der Waals surface area (Å²) in [5.74, 6) is -0.167. The number of halogens is 4. The third kappa shape index (κ3) is 4.90. The van der Waals surface area contributed by atoms with Crippen molar-refractivity contribution < 1.29 is 28.2 Å². The summed E-state index contributed by atoms with van der Waals surface area (Å²) in [6.07, 6.45) is -2.97. The normalized spacial score (nSPS) is 16.7. The van der Waals surface area contributed by atoms with Crippen molar-refractivity contribution in [3.8, 4) is 0 Å². The van der Waals surface area contributed by atoms with E-state index in [1.165, 1.54) is 28.0 Å². The number of benzene rings is 1. The van der Waals surface area contributed by atoms with Crippen molar-refractivity contribution >= 4 is 34.7 Å². The number of nitrogens with one attached hydrogen (secondary N) is 2. The highest BCUT2D eigenvalue weighted by molar-refractivity contribution is 6.31. The minimum atomic E-state index is -4.61. The molecule has 9 nitrogen and oxygen atoms in total. The number of carbonyl (C=O) groups excluding carboxylic acids is 1. The number of hydrogen-bond acceptors (Lipinski definition) is 7. The molecule has 1 aromatic carbocycles. The topological polar surface area (TPSA) is 116 Å². The molecule has 4 rings (SSSR count). The average Bonchev–Trinajstić information content (AvgIpc) is 3.23. The summed E-state index contributed by atoms with van der Waals surface area (Å²) in [4.78, 5) is 18.9. The fourth-order valence-electron chi connectivity index (χ4n) is 3.88. The Morgan fingerprint density at radius 3 is 2.77 bits per heavy atom. The number of aliphatic hydroxyl groups is 2. The molecule has 1 aliphatic heterocycles. The lowest BCUT2D eigenvalue weighted by atomic mass is 10.1. The fourth-order valence-corrected chi connectivity index (χ4v) is 4.16. The highest BCUT2D eigenvalue weighted by atomic mass is 35.5. The molecule has 3 aromatic rings. The summed E-state index contributed by atoms with van der Waals surface area (Å²) in [7, 11) is 0. The zero-order chi connectivity index (χ0) is 25.3. The number of carbonyl (C=O) groups is 1. The first-order chi connectivity index (χ1) is 16.6. The van der Waals surface area contributed by atoms with Gasteiger partial charge in [-0.25, -0.2) is 4.98 Å². The predicted molar refractivity (Wildman–Crippen MR) is 123 cm³/mol. The van der Waals surface area contributed by atoms with E-state index >= 15 is 0 Å². The number of fused-ring (bicyclic) bond motifs is 1. The molecule has 186 valence electrons. The standard InChI is InChI=1S/C22H22ClF3N6O3/c1-12-11-31(13-4-5-15(16(23)9-13)22(24,25)26)21(35)18-17(10-29-32(12)18)30-20(34)14-3-2-6-27-19(14)28-7-8-33/h2-6,9-10,12,20,30,33-34H,7-8,11H2,1H3,(H,27,28)/t12-,20?/m0/s1. The molecule has 0 spiro atoms. The van der Waals surface area contributed by atoms with E-state index in [0.717, 1.165) is 12.1 Å². The fraction of sp³-hybridized carbons (Fsp3) is 0.318. The van der Waals surface area contributed by atoms with Crippen molar-refractivity contribution in [3.05, 3.63) is 64.6 Å². The van der Waals surface area contributed by atoms with Crippen LogP contribution in [0.2, 0.25) is 5.02 Å². The van der Waals surface area contributed by atoms with Gasteiger partial charge in [0.05, 0.1) is 35.1 Å². The van der Waals surface area contributed by atoms with Gasteiger partial charge in [0.1, 0.15) is 11.5 Å². The monoisotopic (exact) mass is 510 g/mol. The van der Waals surface area contributed by atoms with Crippen LogP contribution in [0.3, 0.4) is 0 Å². The Hall–Kier alpha value is -3.35. The van der Waals surface area contributed by atoms with Gasteiger partial charge in [-0.05, 0) is 37.3 Å². The molecule has 1 unspecified atom stereocenters. The van der Waals surface area contributed by atoms with E-state index in [0.29, 0.717) is 11.4 Å². The van der Waals surface area contributed by atoms with E-state index in [-0.39, 0.29) is 42.8 Å². The molecule has 2 atom stereocenters. The Bertz CT molecular complexity index is 1240. The highest BCUT2D eigenvalue weighted by Crippen LogP contribution is 2.38. The van der Waals surface area contributed by atoms with E-state index in [1.54, 1.807) is 19.1 Å². The van der Waals surface area contributed by atoms with E-state index in [4.69, 9.17) is 16.7 Å². The van der Waals surface area contributed by atoms with Gasteiger partial charge >= 0.3 is 6.18 Å². The first-order valence-corrected chi connectivity index (χ1v) is 11.0. The third-order valence-corrected chi connectivity index (χ3v) is 5.82. The van der Waals surface area contributed by atoms with Crippen LogP contribution in [0.4, 0.5) is 30.4 Å². The molecule has 0 saturated heterocycles. The second-order valence-electron chi connectivity index (χ2n) is 7.92. The Morgan fingerprint density at radius 1 is 1.31 bits per heavy atom. The second-order valence-corrected chi connectivity index (χ2v) is 8.32. The molecule has 4 N–H and O–H groups in total. The first kappa shape index (κ1) is 24.8. The Kier molecular flexibility index (Phi) is 6.88. The quantitative estimate of drug-likeness (QED) is 0.358. The van der Waals surface area contributed by atoms with Crippen LogP contribution in [0.15, 0.2) is 42.7 Å². The van der Waals surface area contributed by atoms with E-state index < -0.39 is 28.9 Å². The maximum atomic E-state index is 13.4. The Morgan fingerprint density at radius 2 is 2.09 bits per heavy atom. The van der Waals surface area contributed by atoms with Crippen molar-refractivity contribution in [2.45, 2.75) is 25.4 Å². The van der Waals surface area contributed by atoms with Crippen molar-refractivity contribution in [2.75, 3.05) is 35.2 Å². The second kappa shape index (κ2) is 9.72. The summed E-state index contributed by atoms with van der Waals surface area (Å²) in [6, 6.07) is 6.09. The number of alkyl halides is 3. The lowest BCUT2D eigenvalue weighted by Crippen LogP contribution is -2.43. The molecule has 0 saturated carbocycles. The van der Waals surface area contributed by atoms with Crippen LogP contribution in [-0.2, 0) is 6.18 Å². The van der Waals surface area contributed by atoms with Gasteiger partial charge in [-0.2, -0.15) is 18.3 Å². The van der Waals surface area contributed by atoms with Crippen molar-refractivity contribution in [2.24, 2.45) is 0 Å². The number of nitrogens with zero attached hydrogens (tertiary/aromatic N) is 4. The van der Waals surface area contributed by atoms with Crippen LogP contribution >= 0.6 is 11.6 Å². The van der Waals surface area contributed by atoms with Crippen LogP contribution < -0.4 is 15.5 Å². The van der Waals surface area contributed by atoms with E-state index in [2.05, 4.69) is 20.7 Å². The average molecular weight is 511 g/mol. The van der Waals surface area contributed by atoms with Gasteiger partial charge in [-0.15, -0.1) is 0 Å². The number of hydrogen-bond donors (Lipinski definition) is 4. The van der Waals surface area contributed by atoms with Crippen molar-refractivity contribution in [1.29, 1.82) is 0 Å². The zero-order valence-corrected chi connectivity index (χ0v) is 19.2. The minimum Gasteiger partial charge on any atom is -0.395 e. The predicted octanol–water partition coefficient (Wildman–Crippen LogP) is 3.68. The van der Waals surface area contributed by atoms with Crippen molar-refractivity contribution in [3.63, 3.8) is 0 Å². The van der Waals surface area contributed by atoms with Crippen LogP contribution in [0.25, 0.3) is 0 Å². The number of rotatable bonds is 7.